The summed E-state index contributed by atoms with van der Waals surface area (Å²) < 4.78 is 10.4. The number of methoxy groups -OCH3 is 2. The zero-order chi connectivity index (χ0) is 14.1. The molecule has 1 unspecified atom stereocenters. The van der Waals surface area contributed by atoms with Crippen LogP contribution in [0, 0.1) is 0 Å². The van der Waals surface area contributed by atoms with Crippen LogP contribution in [-0.4, -0.2) is 26.5 Å². The van der Waals surface area contributed by atoms with Crippen molar-refractivity contribution in [2.45, 2.75) is 38.6 Å². The Balaban J connectivity index is 2.69. The number of hydrogen-bond donors (Lipinski definition) is 1. The molecule has 0 heterocycles. The van der Waals surface area contributed by atoms with Crippen molar-refractivity contribution >= 4 is 12.0 Å². The molecule has 1 atom stereocenters. The van der Waals surface area contributed by atoms with E-state index in [9.17, 15) is 4.79 Å². The van der Waals surface area contributed by atoms with Crippen molar-refractivity contribution in [2.75, 3.05) is 19.5 Å². The minimum absolute atomic E-state index is 0.164. The lowest BCUT2D eigenvalue weighted by molar-refractivity contribution is -0.108. The monoisotopic (exact) mass is 265 g/mol. The zero-order valence-electron chi connectivity index (χ0n) is 11.9. The second-order valence-electron chi connectivity index (χ2n) is 4.48. The van der Waals surface area contributed by atoms with Crippen molar-refractivity contribution in [3.63, 3.8) is 0 Å². The average molecular weight is 265 g/mol. The Hall–Kier alpha value is -1.71. The van der Waals surface area contributed by atoms with Gasteiger partial charge in [-0.1, -0.05) is 26.2 Å². The van der Waals surface area contributed by atoms with E-state index >= 15 is 0 Å². The third-order valence-corrected chi connectivity index (χ3v) is 2.99. The van der Waals surface area contributed by atoms with Crippen molar-refractivity contribution < 1.29 is 14.3 Å². The number of nitrogens with one attached hydrogen (secondary N) is 1. The Labute approximate surface area is 115 Å². The molecule has 0 aliphatic heterocycles. The lowest BCUT2D eigenvalue weighted by Crippen LogP contribution is -2.20. The molecule has 1 aromatic rings. The Bertz CT molecular complexity index is 371. The summed E-state index contributed by atoms with van der Waals surface area (Å²) in [6.45, 7) is 2.15. The number of anilines is 1. The van der Waals surface area contributed by atoms with Gasteiger partial charge in [0, 0.05) is 23.9 Å². The van der Waals surface area contributed by atoms with Crippen LogP contribution in [0.2, 0.25) is 0 Å². The summed E-state index contributed by atoms with van der Waals surface area (Å²) in [6, 6.07) is 5.36. The molecule has 0 saturated carbocycles. The van der Waals surface area contributed by atoms with E-state index in [-0.39, 0.29) is 6.04 Å². The first-order chi connectivity index (χ1) is 9.23. The van der Waals surface area contributed by atoms with Crippen LogP contribution in [0.25, 0.3) is 0 Å². The van der Waals surface area contributed by atoms with Gasteiger partial charge in [-0.3, -0.25) is 0 Å². The van der Waals surface area contributed by atoms with E-state index in [4.69, 9.17) is 9.47 Å². The highest BCUT2D eigenvalue weighted by atomic mass is 16.5. The number of aldehydes is 1. The Kier molecular flexibility index (Phi) is 6.79. The van der Waals surface area contributed by atoms with Gasteiger partial charge in [0.05, 0.1) is 20.3 Å². The summed E-state index contributed by atoms with van der Waals surface area (Å²) >= 11 is 0. The average Bonchev–Trinajstić information content (AvgIpc) is 2.45. The van der Waals surface area contributed by atoms with Gasteiger partial charge in [-0.2, -0.15) is 0 Å². The van der Waals surface area contributed by atoms with Gasteiger partial charge in [0.2, 0.25) is 0 Å². The van der Waals surface area contributed by atoms with E-state index < -0.39 is 0 Å². The number of unbranched alkanes of at least 4 members (excludes halogenated alkanes) is 2. The summed E-state index contributed by atoms with van der Waals surface area (Å²) in [5.74, 6) is 1.42. The molecule has 0 saturated heterocycles. The molecule has 106 valence electrons. The molecule has 0 amide bonds. The highest BCUT2D eigenvalue weighted by molar-refractivity contribution is 5.66. The van der Waals surface area contributed by atoms with Crippen LogP contribution in [-0.2, 0) is 4.79 Å². The van der Waals surface area contributed by atoms with Crippen LogP contribution in [0.5, 0.6) is 11.5 Å². The van der Waals surface area contributed by atoms with Gasteiger partial charge in [0.15, 0.2) is 0 Å². The highest BCUT2D eigenvalue weighted by Gasteiger charge is 2.08. The SMILES string of the molecule is CCCCCC(C=O)Nc1cc(OC)cc(OC)c1. The predicted molar refractivity (Wildman–Crippen MR) is 77.2 cm³/mol. The first kappa shape index (κ1) is 15.3. The minimum atomic E-state index is -0.164. The summed E-state index contributed by atoms with van der Waals surface area (Å²) in [7, 11) is 3.22. The molecule has 0 radical (unpaired) electrons. The van der Waals surface area contributed by atoms with E-state index in [0.717, 1.165) is 37.7 Å². The Morgan fingerprint density at radius 1 is 1.16 bits per heavy atom. The first-order valence-corrected chi connectivity index (χ1v) is 6.68. The Morgan fingerprint density at radius 2 is 1.79 bits per heavy atom. The molecule has 4 heteroatoms. The maximum Gasteiger partial charge on any atom is 0.142 e. The number of ether oxygens (including phenoxy) is 2. The van der Waals surface area contributed by atoms with Crippen molar-refractivity contribution in [1.29, 1.82) is 0 Å². The number of rotatable bonds is 9. The normalized spacial score (nSPS) is 11.7. The summed E-state index contributed by atoms with van der Waals surface area (Å²) in [5, 5.41) is 3.21. The van der Waals surface area contributed by atoms with Gasteiger partial charge in [-0.05, 0) is 6.42 Å². The van der Waals surface area contributed by atoms with Gasteiger partial charge >= 0.3 is 0 Å². The maximum absolute atomic E-state index is 11.1. The summed E-state index contributed by atoms with van der Waals surface area (Å²) in [5.41, 5.74) is 0.838. The molecule has 0 spiro atoms. The van der Waals surface area contributed by atoms with Crippen LogP contribution in [0.1, 0.15) is 32.6 Å². The quantitative estimate of drug-likeness (QED) is 0.550. The molecule has 0 fully saturated rings. The molecule has 0 aliphatic carbocycles. The van der Waals surface area contributed by atoms with Gasteiger partial charge < -0.3 is 19.6 Å². The lowest BCUT2D eigenvalue weighted by Gasteiger charge is -2.15. The Morgan fingerprint density at radius 3 is 2.26 bits per heavy atom. The van der Waals surface area contributed by atoms with Crippen LogP contribution in [0.3, 0.4) is 0 Å². The molecule has 1 N–H and O–H groups in total. The van der Waals surface area contributed by atoms with Crippen molar-refractivity contribution in [1.82, 2.24) is 0 Å². The topological polar surface area (TPSA) is 47.6 Å². The fourth-order valence-corrected chi connectivity index (χ4v) is 1.89. The van der Waals surface area contributed by atoms with E-state index in [1.807, 2.05) is 12.1 Å². The summed E-state index contributed by atoms with van der Waals surface area (Å²) in [4.78, 5) is 11.1. The molecule has 0 aromatic heterocycles. The third kappa shape index (κ3) is 5.20. The fourth-order valence-electron chi connectivity index (χ4n) is 1.89. The maximum atomic E-state index is 11.1. The van der Waals surface area contributed by atoms with Crippen LogP contribution in [0.4, 0.5) is 5.69 Å². The highest BCUT2D eigenvalue weighted by Crippen LogP contribution is 2.26. The van der Waals surface area contributed by atoms with Crippen LogP contribution in [0.15, 0.2) is 18.2 Å². The molecule has 19 heavy (non-hydrogen) atoms. The van der Waals surface area contributed by atoms with E-state index in [1.54, 1.807) is 20.3 Å². The molecule has 1 rings (SSSR count). The second kappa shape index (κ2) is 8.40. The van der Waals surface area contributed by atoms with Crippen molar-refractivity contribution in [3.8, 4) is 11.5 Å². The lowest BCUT2D eigenvalue weighted by atomic mass is 10.1. The van der Waals surface area contributed by atoms with Gasteiger partial charge in [-0.15, -0.1) is 0 Å². The first-order valence-electron chi connectivity index (χ1n) is 6.68. The number of carbonyl (C=O) groups is 1. The molecule has 4 nitrogen and oxygen atoms in total. The summed E-state index contributed by atoms with van der Waals surface area (Å²) in [6.07, 6.45) is 5.15. The van der Waals surface area contributed by atoms with Crippen molar-refractivity contribution in [2.24, 2.45) is 0 Å². The molecule has 0 bridgehead atoms. The van der Waals surface area contributed by atoms with Gasteiger partial charge in [0.1, 0.15) is 17.8 Å². The molecular formula is C15H23NO3. The second-order valence-corrected chi connectivity index (χ2v) is 4.48. The standard InChI is InChI=1S/C15H23NO3/c1-4-5-6-7-12(11-17)16-13-8-14(18-2)10-15(9-13)19-3/h8-12,16H,4-7H2,1-3H3. The molecule has 0 aliphatic rings. The smallest absolute Gasteiger partial charge is 0.142 e. The largest absolute Gasteiger partial charge is 0.497 e. The minimum Gasteiger partial charge on any atom is -0.497 e. The van der Waals surface area contributed by atoms with E-state index in [0.29, 0.717) is 11.5 Å². The molecular weight excluding hydrogens is 242 g/mol. The zero-order valence-corrected chi connectivity index (χ0v) is 11.9. The van der Waals surface area contributed by atoms with Crippen molar-refractivity contribution in [3.05, 3.63) is 18.2 Å². The number of benzene rings is 1. The van der Waals surface area contributed by atoms with Crippen LogP contribution >= 0.6 is 0 Å². The molecule has 1 aromatic carbocycles. The fraction of sp³-hybridized carbons (Fsp3) is 0.533. The third-order valence-electron chi connectivity index (χ3n) is 2.99. The predicted octanol–water partition coefficient (Wildman–Crippen LogP) is 3.26. The van der Waals surface area contributed by atoms with E-state index in [1.165, 1.54) is 0 Å². The van der Waals surface area contributed by atoms with Gasteiger partial charge in [-0.25, -0.2) is 0 Å². The van der Waals surface area contributed by atoms with Gasteiger partial charge in [0.25, 0.3) is 0 Å². The van der Waals surface area contributed by atoms with Crippen LogP contribution < -0.4 is 14.8 Å². The number of hydrogen-bond acceptors (Lipinski definition) is 4. The van der Waals surface area contributed by atoms with E-state index in [2.05, 4.69) is 12.2 Å². The number of carbonyl (C=O) groups excluding carboxylic acids is 1.